The Morgan fingerprint density at radius 1 is 0.841 bits per heavy atom. The lowest BCUT2D eigenvalue weighted by atomic mass is 9.99. The van der Waals surface area contributed by atoms with Crippen molar-refractivity contribution in [3.8, 4) is 11.1 Å². The fourth-order valence-electron chi connectivity index (χ4n) is 7.60. The minimum Gasteiger partial charge on any atom is -0.376 e. The number of piperazine rings is 1. The van der Waals surface area contributed by atoms with Crippen molar-refractivity contribution in [2.75, 3.05) is 53.4 Å². The molecule has 0 amide bonds. The number of thioether (sulfide) groups is 1. The van der Waals surface area contributed by atoms with E-state index in [0.29, 0.717) is 41.2 Å². The summed E-state index contributed by atoms with van der Waals surface area (Å²) in [6.45, 7) is 5.33. The second kappa shape index (κ2) is 20.4. The molecule has 0 aliphatic carbocycles. The van der Waals surface area contributed by atoms with Crippen LogP contribution in [0.25, 0.3) is 22.0 Å². The molecule has 5 aromatic carbocycles. The predicted molar refractivity (Wildman–Crippen MR) is 253 cm³/mol. The Hall–Kier alpha value is -6.10. The Bertz CT molecular complexity index is 2770. The number of halogens is 1. The van der Waals surface area contributed by atoms with Gasteiger partial charge >= 0.3 is 0 Å². The highest BCUT2D eigenvalue weighted by Crippen LogP contribution is 2.33. The van der Waals surface area contributed by atoms with E-state index in [1.807, 2.05) is 84.9 Å². The monoisotopic (exact) mass is 899 g/mol. The van der Waals surface area contributed by atoms with Crippen LogP contribution in [-0.4, -0.2) is 77.7 Å². The standard InChI is InChI=1S/C47H46ClN9O4S2/c48-37-11-14-42(35-7-3-1-4-8-35)36(27-37)31-55-23-25-56(26-24-55)39-12-15-43-45(28-39)51-33-52-47(43)54-63(60,61)41-13-16-44(46(29-41)57(58)59)53-38(32-62-40-9-5-2-6-10-40)19-22-50-30-34-17-20-49-21-18-34/h1-18,20-21,27-29,33,38,50,53H,19,22-26,30-32H2,(H,51,52,54). The van der Waals surface area contributed by atoms with Gasteiger partial charge in [0.1, 0.15) is 12.0 Å². The Labute approximate surface area is 376 Å². The molecule has 0 bridgehead atoms. The van der Waals surface area contributed by atoms with Gasteiger partial charge in [-0.3, -0.25) is 24.7 Å². The summed E-state index contributed by atoms with van der Waals surface area (Å²) in [5.74, 6) is 0.701. The maximum atomic E-state index is 13.9. The third-order valence-corrected chi connectivity index (χ3v) is 13.7. The molecule has 322 valence electrons. The van der Waals surface area contributed by atoms with Gasteiger partial charge in [-0.15, -0.1) is 11.8 Å². The van der Waals surface area contributed by atoms with Crippen molar-refractivity contribution in [2.45, 2.75) is 35.3 Å². The van der Waals surface area contributed by atoms with Crippen LogP contribution in [-0.2, 0) is 23.1 Å². The molecule has 63 heavy (non-hydrogen) atoms. The van der Waals surface area contributed by atoms with Gasteiger partial charge < -0.3 is 15.5 Å². The molecule has 3 heterocycles. The van der Waals surface area contributed by atoms with Crippen LogP contribution >= 0.6 is 23.4 Å². The SMILES string of the molecule is O=[N+]([O-])c1cc(S(=O)(=O)Nc2ncnc3cc(N4CCN(Cc5cc(Cl)ccc5-c5ccccc5)CC4)ccc23)ccc1NC(CCNCc1ccncc1)CSc1ccccc1. The summed E-state index contributed by atoms with van der Waals surface area (Å²) in [6, 6.07) is 39.6. The van der Waals surface area contributed by atoms with E-state index in [0.717, 1.165) is 60.5 Å². The molecule has 1 fully saturated rings. The summed E-state index contributed by atoms with van der Waals surface area (Å²) in [5.41, 5.74) is 6.02. The molecule has 1 aliphatic heterocycles. The molecule has 0 saturated carbocycles. The number of fused-ring (bicyclic) bond motifs is 1. The van der Waals surface area contributed by atoms with Crippen LogP contribution < -0.4 is 20.3 Å². The Morgan fingerprint density at radius 3 is 2.37 bits per heavy atom. The van der Waals surface area contributed by atoms with E-state index in [1.54, 1.807) is 24.2 Å². The number of sulfonamides is 1. The van der Waals surface area contributed by atoms with Gasteiger partial charge in [-0.1, -0.05) is 66.2 Å². The van der Waals surface area contributed by atoms with Gasteiger partial charge in [0.05, 0.1) is 15.3 Å². The van der Waals surface area contributed by atoms with E-state index in [2.05, 4.69) is 64.4 Å². The number of pyridine rings is 1. The number of nitro groups is 1. The number of hydrogen-bond donors (Lipinski definition) is 3. The molecule has 0 spiro atoms. The minimum atomic E-state index is -4.30. The zero-order chi connectivity index (χ0) is 43.6. The topological polar surface area (TPSA) is 159 Å². The van der Waals surface area contributed by atoms with Crippen LogP contribution in [0.2, 0.25) is 5.02 Å². The first-order valence-electron chi connectivity index (χ1n) is 20.6. The fraction of sp³-hybridized carbons (Fsp3) is 0.213. The molecule has 13 nitrogen and oxygen atoms in total. The quantitative estimate of drug-likeness (QED) is 0.0325. The van der Waals surface area contributed by atoms with Crippen molar-refractivity contribution in [3.63, 3.8) is 0 Å². The number of anilines is 3. The highest BCUT2D eigenvalue weighted by molar-refractivity contribution is 7.99. The summed E-state index contributed by atoms with van der Waals surface area (Å²) in [5, 5.41) is 20.4. The Balaban J connectivity index is 0.931. The molecule has 0 radical (unpaired) electrons. The van der Waals surface area contributed by atoms with Crippen molar-refractivity contribution in [1.82, 2.24) is 25.2 Å². The minimum absolute atomic E-state index is 0.0780. The molecule has 1 aliphatic rings. The number of aromatic nitrogens is 3. The lowest BCUT2D eigenvalue weighted by Crippen LogP contribution is -2.46. The van der Waals surface area contributed by atoms with Crippen molar-refractivity contribution >= 4 is 67.2 Å². The van der Waals surface area contributed by atoms with Gasteiger partial charge in [0.15, 0.2) is 5.82 Å². The normalized spacial score (nSPS) is 13.8. The van der Waals surface area contributed by atoms with E-state index >= 15 is 0 Å². The molecule has 7 aromatic rings. The molecule has 2 aromatic heterocycles. The van der Waals surface area contributed by atoms with Gasteiger partial charge in [0.2, 0.25) is 0 Å². The average molecular weight is 901 g/mol. The van der Waals surface area contributed by atoms with Crippen molar-refractivity contribution < 1.29 is 13.3 Å². The van der Waals surface area contributed by atoms with E-state index < -0.39 is 14.9 Å². The second-order valence-corrected chi connectivity index (χ2v) is 18.4. The molecular formula is C47H46ClN9O4S2. The molecule has 1 saturated heterocycles. The number of rotatable bonds is 18. The Kier molecular flexibility index (Phi) is 14.1. The lowest BCUT2D eigenvalue weighted by molar-refractivity contribution is -0.384. The number of hydrogen-bond acceptors (Lipinski definition) is 12. The number of nitro benzene ring substituents is 1. The van der Waals surface area contributed by atoms with Crippen LogP contribution in [0.5, 0.6) is 0 Å². The van der Waals surface area contributed by atoms with Gasteiger partial charge in [0.25, 0.3) is 15.7 Å². The maximum absolute atomic E-state index is 13.9. The molecule has 1 atom stereocenters. The molecular weight excluding hydrogens is 854 g/mol. The van der Waals surface area contributed by atoms with Gasteiger partial charge in [-0.2, -0.15) is 0 Å². The predicted octanol–water partition coefficient (Wildman–Crippen LogP) is 9.13. The highest BCUT2D eigenvalue weighted by atomic mass is 35.5. The van der Waals surface area contributed by atoms with E-state index in [-0.39, 0.29) is 28.1 Å². The molecule has 8 rings (SSSR count). The van der Waals surface area contributed by atoms with Crippen molar-refractivity contribution in [2.24, 2.45) is 0 Å². The third-order valence-electron chi connectivity index (χ3n) is 10.9. The first kappa shape index (κ1) is 43.5. The highest BCUT2D eigenvalue weighted by Gasteiger charge is 2.25. The lowest BCUT2D eigenvalue weighted by Gasteiger charge is -2.36. The van der Waals surface area contributed by atoms with E-state index in [4.69, 9.17) is 11.6 Å². The fourth-order valence-corrected chi connectivity index (χ4v) is 9.84. The van der Waals surface area contributed by atoms with Crippen LogP contribution in [0, 0.1) is 10.1 Å². The number of nitrogens with one attached hydrogen (secondary N) is 3. The van der Waals surface area contributed by atoms with E-state index in [1.165, 1.54) is 29.6 Å². The summed E-state index contributed by atoms with van der Waals surface area (Å²) < 4.78 is 30.3. The maximum Gasteiger partial charge on any atom is 0.293 e. The first-order chi connectivity index (χ1) is 30.7. The van der Waals surface area contributed by atoms with Gasteiger partial charge in [0, 0.05) is 90.5 Å². The van der Waals surface area contributed by atoms with E-state index in [9.17, 15) is 18.5 Å². The summed E-state index contributed by atoms with van der Waals surface area (Å²) in [4.78, 5) is 30.2. The molecule has 16 heteroatoms. The zero-order valence-electron chi connectivity index (χ0n) is 34.3. The average Bonchev–Trinajstić information content (AvgIpc) is 3.30. The Morgan fingerprint density at radius 2 is 1.60 bits per heavy atom. The number of benzene rings is 5. The summed E-state index contributed by atoms with van der Waals surface area (Å²) in [6.07, 6.45) is 5.46. The summed E-state index contributed by atoms with van der Waals surface area (Å²) in [7, 11) is -4.30. The van der Waals surface area contributed by atoms with Crippen LogP contribution in [0.3, 0.4) is 0 Å². The second-order valence-electron chi connectivity index (χ2n) is 15.2. The van der Waals surface area contributed by atoms with Gasteiger partial charge in [-0.25, -0.2) is 18.4 Å². The number of nitrogens with zero attached hydrogens (tertiary/aromatic N) is 6. The molecule has 1 unspecified atom stereocenters. The molecule has 3 N–H and O–H groups in total. The van der Waals surface area contributed by atoms with Gasteiger partial charge in [-0.05, 0) is 102 Å². The smallest absolute Gasteiger partial charge is 0.293 e. The van der Waals surface area contributed by atoms with Crippen LogP contribution in [0.4, 0.5) is 22.9 Å². The largest absolute Gasteiger partial charge is 0.376 e. The van der Waals surface area contributed by atoms with Crippen LogP contribution in [0.1, 0.15) is 17.5 Å². The van der Waals surface area contributed by atoms with Crippen molar-refractivity contribution in [1.29, 1.82) is 0 Å². The zero-order valence-corrected chi connectivity index (χ0v) is 36.7. The third kappa shape index (κ3) is 11.3. The van der Waals surface area contributed by atoms with Crippen molar-refractivity contribution in [3.05, 3.63) is 172 Å². The van der Waals surface area contributed by atoms with Crippen LogP contribution in [0.15, 0.2) is 156 Å². The summed E-state index contributed by atoms with van der Waals surface area (Å²) >= 11 is 8.08. The first-order valence-corrected chi connectivity index (χ1v) is 23.4.